The quantitative estimate of drug-likeness (QED) is 0.430. The maximum atomic E-state index is 12.2. The van der Waals surface area contributed by atoms with Gasteiger partial charge in [-0.25, -0.2) is 9.59 Å². The van der Waals surface area contributed by atoms with E-state index in [1.54, 1.807) is 24.3 Å². The van der Waals surface area contributed by atoms with E-state index < -0.39 is 18.0 Å². The lowest BCUT2D eigenvalue weighted by Crippen LogP contribution is -2.15. The third-order valence-corrected chi connectivity index (χ3v) is 5.62. The van der Waals surface area contributed by atoms with Crippen LogP contribution in [0.25, 0.3) is 0 Å². The van der Waals surface area contributed by atoms with Gasteiger partial charge in [-0.3, -0.25) is 0 Å². The van der Waals surface area contributed by atoms with E-state index in [0.29, 0.717) is 11.3 Å². The van der Waals surface area contributed by atoms with Crippen LogP contribution in [-0.4, -0.2) is 45.4 Å². The molecule has 0 fully saturated rings. The van der Waals surface area contributed by atoms with Crippen molar-refractivity contribution in [3.8, 4) is 5.75 Å². The van der Waals surface area contributed by atoms with Gasteiger partial charge in [0.1, 0.15) is 5.75 Å². The second kappa shape index (κ2) is 10.4. The molecule has 1 unspecified atom stereocenters. The molecule has 0 saturated carbocycles. The highest BCUT2D eigenvalue weighted by Gasteiger charge is 2.21. The predicted molar refractivity (Wildman–Crippen MR) is 131 cm³/mol. The minimum absolute atomic E-state index is 0.102. The summed E-state index contributed by atoms with van der Waals surface area (Å²) < 4.78 is 10.5. The first-order chi connectivity index (χ1) is 15.7. The molecule has 33 heavy (non-hydrogen) atoms. The molecule has 0 radical (unpaired) electrons. The largest absolute Gasteiger partial charge is 0.508 e. The summed E-state index contributed by atoms with van der Waals surface area (Å²) in [6.07, 6.45) is 0. The lowest BCUT2D eigenvalue weighted by atomic mass is 9.96. The number of hydrogen-bond donors (Lipinski definition) is 2. The average molecular weight is 513 g/mol. The summed E-state index contributed by atoms with van der Waals surface area (Å²) >= 11 is 3.47. The Morgan fingerprint density at radius 3 is 2.00 bits per heavy atom. The Balaban J connectivity index is 2.12. The number of methoxy groups -OCH3 is 2. The number of rotatable bonds is 7. The number of carbonyl (C=O) groups excluding carboxylic acids is 2. The van der Waals surface area contributed by atoms with Crippen molar-refractivity contribution in [3.63, 3.8) is 0 Å². The van der Waals surface area contributed by atoms with Crippen LogP contribution >= 0.6 is 15.9 Å². The Bertz CT molecular complexity index is 1130. The van der Waals surface area contributed by atoms with Gasteiger partial charge >= 0.3 is 11.9 Å². The summed E-state index contributed by atoms with van der Waals surface area (Å²) in [4.78, 5) is 26.4. The summed E-state index contributed by atoms with van der Waals surface area (Å²) in [5, 5.41) is 14.0. The number of nitrogens with one attached hydrogen (secondary N) is 1. The molecule has 0 saturated heterocycles. The Morgan fingerprint density at radius 2 is 1.48 bits per heavy atom. The third kappa shape index (κ3) is 5.64. The standard InChI is InChI=1S/C25H25BrN2O5/c1-28(2)20-8-5-15(6-9-20)23(21-14-18(26)7-10-22(21)29)27-19-12-16(24(30)32-3)11-17(13-19)25(31)33-4/h5-14,23,27,29H,1-4H3. The number of phenolic OH excluding ortho intramolecular Hbond substituents is 1. The summed E-state index contributed by atoms with van der Waals surface area (Å²) in [6, 6.07) is 17.1. The van der Waals surface area contributed by atoms with Gasteiger partial charge in [0.25, 0.3) is 0 Å². The fourth-order valence-electron chi connectivity index (χ4n) is 3.41. The van der Waals surface area contributed by atoms with Gasteiger partial charge in [-0.05, 0) is 54.1 Å². The highest BCUT2D eigenvalue weighted by Crippen LogP contribution is 2.35. The number of ether oxygens (including phenoxy) is 2. The topological polar surface area (TPSA) is 88.1 Å². The average Bonchev–Trinajstić information content (AvgIpc) is 2.83. The molecule has 0 amide bonds. The number of aromatic hydroxyl groups is 1. The maximum Gasteiger partial charge on any atom is 0.337 e. The first-order valence-electron chi connectivity index (χ1n) is 10.1. The molecule has 1 atom stereocenters. The number of nitrogens with zero attached hydrogens (tertiary/aromatic N) is 1. The van der Waals surface area contributed by atoms with Crippen LogP contribution in [0.2, 0.25) is 0 Å². The summed E-state index contributed by atoms with van der Waals surface area (Å²) in [5.74, 6) is -1.06. The van der Waals surface area contributed by atoms with E-state index >= 15 is 0 Å². The van der Waals surface area contributed by atoms with Crippen molar-refractivity contribution >= 4 is 39.2 Å². The molecule has 2 N–H and O–H groups in total. The van der Waals surface area contributed by atoms with Crippen LogP contribution in [0.5, 0.6) is 5.75 Å². The van der Waals surface area contributed by atoms with Gasteiger partial charge in [0, 0.05) is 35.5 Å². The number of hydrogen-bond acceptors (Lipinski definition) is 7. The van der Waals surface area contributed by atoms with Gasteiger partial charge in [-0.2, -0.15) is 0 Å². The van der Waals surface area contributed by atoms with Gasteiger partial charge in [0.2, 0.25) is 0 Å². The number of carbonyl (C=O) groups is 2. The predicted octanol–water partition coefficient (Wildman–Crippen LogP) is 5.00. The molecule has 3 rings (SSSR count). The number of halogens is 1. The number of esters is 2. The molecule has 8 heteroatoms. The number of benzene rings is 3. The maximum absolute atomic E-state index is 12.2. The van der Waals surface area contributed by atoms with Crippen LogP contribution in [0, 0.1) is 0 Å². The molecule has 3 aromatic carbocycles. The minimum atomic E-state index is -0.582. The Labute approximate surface area is 201 Å². The molecule has 7 nitrogen and oxygen atoms in total. The van der Waals surface area contributed by atoms with Crippen LogP contribution in [0.3, 0.4) is 0 Å². The van der Waals surface area contributed by atoms with E-state index in [9.17, 15) is 14.7 Å². The van der Waals surface area contributed by atoms with Crippen molar-refractivity contribution in [2.75, 3.05) is 38.5 Å². The van der Waals surface area contributed by atoms with Crippen molar-refractivity contribution in [2.45, 2.75) is 6.04 Å². The van der Waals surface area contributed by atoms with Crippen LogP contribution in [0.15, 0.2) is 65.1 Å². The zero-order chi connectivity index (χ0) is 24.1. The molecule has 0 aliphatic heterocycles. The van der Waals surface area contributed by atoms with Crippen LogP contribution in [-0.2, 0) is 9.47 Å². The first kappa shape index (κ1) is 24.1. The normalized spacial score (nSPS) is 11.4. The zero-order valence-corrected chi connectivity index (χ0v) is 20.3. The molecule has 0 bridgehead atoms. The molecular formula is C25H25BrN2O5. The smallest absolute Gasteiger partial charge is 0.337 e. The van der Waals surface area contributed by atoms with Gasteiger partial charge in [-0.1, -0.05) is 28.1 Å². The molecule has 3 aromatic rings. The Hall–Kier alpha value is -3.52. The van der Waals surface area contributed by atoms with Gasteiger partial charge < -0.3 is 24.8 Å². The number of anilines is 2. The summed E-state index contributed by atoms with van der Waals surface area (Å²) in [5.41, 5.74) is 3.39. The van der Waals surface area contributed by atoms with Crippen molar-refractivity contribution in [1.29, 1.82) is 0 Å². The monoisotopic (exact) mass is 512 g/mol. The molecule has 172 valence electrons. The molecule has 0 aliphatic rings. The van der Waals surface area contributed by atoms with E-state index in [-0.39, 0.29) is 16.9 Å². The van der Waals surface area contributed by atoms with Crippen molar-refractivity contribution in [3.05, 3.63) is 87.4 Å². The lowest BCUT2D eigenvalue weighted by Gasteiger charge is -2.24. The lowest BCUT2D eigenvalue weighted by molar-refractivity contribution is 0.0599. The fourth-order valence-corrected chi connectivity index (χ4v) is 3.79. The van der Waals surface area contributed by atoms with E-state index in [0.717, 1.165) is 15.7 Å². The second-order valence-electron chi connectivity index (χ2n) is 7.55. The van der Waals surface area contributed by atoms with Gasteiger partial charge in [-0.15, -0.1) is 0 Å². The van der Waals surface area contributed by atoms with E-state index in [4.69, 9.17) is 9.47 Å². The first-order valence-corrected chi connectivity index (χ1v) is 10.9. The van der Waals surface area contributed by atoms with Crippen molar-refractivity contribution in [1.82, 2.24) is 0 Å². The molecule has 0 heterocycles. The van der Waals surface area contributed by atoms with E-state index in [1.165, 1.54) is 20.3 Å². The summed E-state index contributed by atoms with van der Waals surface area (Å²) in [7, 11) is 6.46. The zero-order valence-electron chi connectivity index (χ0n) is 18.8. The van der Waals surface area contributed by atoms with E-state index in [2.05, 4.69) is 21.2 Å². The minimum Gasteiger partial charge on any atom is -0.508 e. The van der Waals surface area contributed by atoms with Gasteiger partial charge in [0.05, 0.1) is 31.4 Å². The Morgan fingerprint density at radius 1 is 0.909 bits per heavy atom. The highest BCUT2D eigenvalue weighted by molar-refractivity contribution is 9.10. The summed E-state index contributed by atoms with van der Waals surface area (Å²) in [6.45, 7) is 0. The van der Waals surface area contributed by atoms with Crippen molar-refractivity contribution < 1.29 is 24.2 Å². The SMILES string of the molecule is COC(=O)c1cc(NC(c2ccc(N(C)C)cc2)c2cc(Br)ccc2O)cc(C(=O)OC)c1. The third-order valence-electron chi connectivity index (χ3n) is 5.13. The van der Waals surface area contributed by atoms with Crippen LogP contribution in [0.1, 0.15) is 37.9 Å². The molecule has 0 aromatic heterocycles. The second-order valence-corrected chi connectivity index (χ2v) is 8.46. The fraction of sp³-hybridized carbons (Fsp3) is 0.200. The van der Waals surface area contributed by atoms with Crippen molar-refractivity contribution in [2.24, 2.45) is 0 Å². The van der Waals surface area contributed by atoms with Crippen LogP contribution in [0.4, 0.5) is 11.4 Å². The molecular weight excluding hydrogens is 488 g/mol. The van der Waals surface area contributed by atoms with Gasteiger partial charge in [0.15, 0.2) is 0 Å². The molecule has 0 aliphatic carbocycles. The number of phenols is 1. The molecule has 0 spiro atoms. The Kier molecular flexibility index (Phi) is 7.60. The van der Waals surface area contributed by atoms with Crippen LogP contribution < -0.4 is 10.2 Å². The highest BCUT2D eigenvalue weighted by atomic mass is 79.9. The van der Waals surface area contributed by atoms with E-state index in [1.807, 2.05) is 49.3 Å².